The average molecular weight is 364 g/mol. The van der Waals surface area contributed by atoms with Crippen LogP contribution in [0, 0.1) is 13.8 Å². The van der Waals surface area contributed by atoms with Crippen molar-refractivity contribution < 1.29 is 14.4 Å². The molecule has 2 aromatic carbocycles. The van der Waals surface area contributed by atoms with Crippen molar-refractivity contribution >= 4 is 33.9 Å². The zero-order chi connectivity index (χ0) is 18.7. The number of hydrogen-bond acceptors (Lipinski definition) is 5. The van der Waals surface area contributed by atoms with Crippen molar-refractivity contribution in [3.05, 3.63) is 81.9 Å². The van der Waals surface area contributed by atoms with Gasteiger partial charge >= 0.3 is 0 Å². The number of aromatic nitrogens is 1. The van der Waals surface area contributed by atoms with Gasteiger partial charge in [0.1, 0.15) is 0 Å². The van der Waals surface area contributed by atoms with Crippen LogP contribution in [-0.2, 0) is 0 Å². The third-order valence-electron chi connectivity index (χ3n) is 3.90. The number of aryl methyl sites for hydroxylation is 2. The lowest BCUT2D eigenvalue weighted by Gasteiger charge is -2.04. The van der Waals surface area contributed by atoms with Crippen LogP contribution in [0.1, 0.15) is 41.6 Å². The van der Waals surface area contributed by atoms with E-state index in [9.17, 15) is 14.4 Å². The minimum absolute atomic E-state index is 0.247. The highest BCUT2D eigenvalue weighted by Gasteiger charge is 2.18. The number of rotatable bonds is 5. The summed E-state index contributed by atoms with van der Waals surface area (Å²) in [7, 11) is 0. The van der Waals surface area contributed by atoms with Gasteiger partial charge in [0.2, 0.25) is 11.6 Å². The molecular weight excluding hydrogens is 348 g/mol. The van der Waals surface area contributed by atoms with Crippen LogP contribution in [0.2, 0.25) is 0 Å². The van der Waals surface area contributed by atoms with Crippen LogP contribution in [0.25, 0.3) is 0 Å². The summed E-state index contributed by atoms with van der Waals surface area (Å²) >= 11 is 1.41. The van der Waals surface area contributed by atoms with Gasteiger partial charge in [-0.3, -0.25) is 19.7 Å². The van der Waals surface area contributed by atoms with E-state index in [0.29, 0.717) is 16.3 Å². The van der Waals surface area contributed by atoms with Gasteiger partial charge < -0.3 is 0 Å². The molecule has 3 rings (SSSR count). The molecule has 0 radical (unpaired) electrons. The first-order chi connectivity index (χ1) is 12.5. The summed E-state index contributed by atoms with van der Waals surface area (Å²) < 4.78 is 0. The minimum Gasteiger partial charge on any atom is -0.298 e. The van der Waals surface area contributed by atoms with Crippen LogP contribution in [0.3, 0.4) is 0 Å². The number of hydrogen-bond donors (Lipinski definition) is 1. The van der Waals surface area contributed by atoms with Gasteiger partial charge in [0.15, 0.2) is 5.13 Å². The summed E-state index contributed by atoms with van der Waals surface area (Å²) in [5.74, 6) is -1.49. The van der Waals surface area contributed by atoms with Crippen LogP contribution in [0.5, 0.6) is 0 Å². The molecule has 0 aliphatic heterocycles. The number of carbonyl (C=O) groups is 3. The molecule has 1 N–H and O–H groups in total. The number of nitrogens with one attached hydrogen (secondary N) is 1. The van der Waals surface area contributed by atoms with Crippen molar-refractivity contribution in [3.63, 3.8) is 0 Å². The molecule has 6 heteroatoms. The van der Waals surface area contributed by atoms with Gasteiger partial charge in [-0.1, -0.05) is 42.5 Å². The molecule has 1 heterocycles. The Morgan fingerprint density at radius 2 is 1.35 bits per heavy atom. The van der Waals surface area contributed by atoms with Gasteiger partial charge in [0, 0.05) is 21.6 Å². The van der Waals surface area contributed by atoms with E-state index in [1.165, 1.54) is 35.6 Å². The molecular formula is C20H16N2O3S. The summed E-state index contributed by atoms with van der Waals surface area (Å²) in [6.45, 7) is 3.82. The first-order valence-electron chi connectivity index (χ1n) is 7.95. The zero-order valence-corrected chi connectivity index (χ0v) is 15.1. The smallest absolute Gasteiger partial charge is 0.257 e. The van der Waals surface area contributed by atoms with E-state index in [1.54, 1.807) is 30.3 Å². The third kappa shape index (κ3) is 3.75. The summed E-state index contributed by atoms with van der Waals surface area (Å²) in [4.78, 5) is 42.1. The van der Waals surface area contributed by atoms with Crippen molar-refractivity contribution in [1.29, 1.82) is 0 Å². The van der Waals surface area contributed by atoms with Crippen LogP contribution in [0.4, 0.5) is 5.13 Å². The van der Waals surface area contributed by atoms with Gasteiger partial charge in [-0.2, -0.15) is 0 Å². The standard InChI is InChI=1S/C20H16N2O3S/c1-12-13(2)26-20(21-12)22-19(25)16-10-8-15(9-11-16)18(24)17(23)14-6-4-3-5-7-14/h3-11H,1-2H3,(H,21,22,25). The van der Waals surface area contributed by atoms with E-state index in [1.807, 2.05) is 13.8 Å². The first kappa shape index (κ1) is 17.7. The second-order valence-electron chi connectivity index (χ2n) is 5.72. The zero-order valence-electron chi connectivity index (χ0n) is 14.3. The van der Waals surface area contributed by atoms with Crippen LogP contribution in [0.15, 0.2) is 54.6 Å². The summed E-state index contributed by atoms with van der Waals surface area (Å²) in [6.07, 6.45) is 0. The Balaban J connectivity index is 1.72. The predicted octanol–water partition coefficient (Wildman–Crippen LogP) is 4.08. The average Bonchev–Trinajstić information content (AvgIpc) is 2.98. The van der Waals surface area contributed by atoms with E-state index in [2.05, 4.69) is 10.3 Å². The molecule has 3 aromatic rings. The van der Waals surface area contributed by atoms with Gasteiger partial charge in [0.25, 0.3) is 5.91 Å². The largest absolute Gasteiger partial charge is 0.298 e. The Morgan fingerprint density at radius 3 is 1.88 bits per heavy atom. The number of amides is 1. The second kappa shape index (κ2) is 7.41. The first-order valence-corrected chi connectivity index (χ1v) is 8.77. The Labute approximate surface area is 154 Å². The summed E-state index contributed by atoms with van der Waals surface area (Å²) in [5, 5.41) is 3.27. The number of thiazole rings is 1. The molecule has 0 saturated carbocycles. The molecule has 0 unspecified atom stereocenters. The second-order valence-corrected chi connectivity index (χ2v) is 6.92. The Hall–Kier alpha value is -3.12. The van der Waals surface area contributed by atoms with Gasteiger partial charge in [0.05, 0.1) is 5.69 Å². The van der Waals surface area contributed by atoms with E-state index in [-0.39, 0.29) is 11.5 Å². The maximum atomic E-state index is 12.3. The number of benzene rings is 2. The van der Waals surface area contributed by atoms with E-state index in [4.69, 9.17) is 0 Å². The third-order valence-corrected chi connectivity index (χ3v) is 4.89. The fraction of sp³-hybridized carbons (Fsp3) is 0.100. The SMILES string of the molecule is Cc1nc(NC(=O)c2ccc(C(=O)C(=O)c3ccccc3)cc2)sc1C. The molecule has 0 fully saturated rings. The predicted molar refractivity (Wildman–Crippen MR) is 101 cm³/mol. The van der Waals surface area contributed by atoms with E-state index >= 15 is 0 Å². The molecule has 1 aromatic heterocycles. The molecule has 0 spiro atoms. The van der Waals surface area contributed by atoms with E-state index in [0.717, 1.165) is 10.6 Å². The molecule has 0 aliphatic rings. The van der Waals surface area contributed by atoms with E-state index < -0.39 is 11.6 Å². The van der Waals surface area contributed by atoms with Crippen molar-refractivity contribution in [1.82, 2.24) is 4.98 Å². The lowest BCUT2D eigenvalue weighted by molar-refractivity contribution is 0.0817. The highest BCUT2D eigenvalue weighted by atomic mass is 32.1. The Kier molecular flexibility index (Phi) is 5.04. The molecule has 1 amide bonds. The number of Topliss-reactive ketones (excluding diaryl/α,β-unsaturated/α-hetero) is 2. The topological polar surface area (TPSA) is 76.1 Å². The summed E-state index contributed by atoms with van der Waals surface area (Å²) in [5.41, 5.74) is 1.86. The quantitative estimate of drug-likeness (QED) is 0.547. The lowest BCUT2D eigenvalue weighted by Crippen LogP contribution is -2.15. The highest BCUT2D eigenvalue weighted by Crippen LogP contribution is 2.21. The highest BCUT2D eigenvalue weighted by molar-refractivity contribution is 7.15. The molecule has 26 heavy (non-hydrogen) atoms. The summed E-state index contributed by atoms with van der Waals surface area (Å²) in [6, 6.07) is 14.4. The fourth-order valence-corrected chi connectivity index (χ4v) is 3.13. The number of anilines is 1. The molecule has 0 bridgehead atoms. The van der Waals surface area contributed by atoms with Crippen molar-refractivity contribution in [2.75, 3.05) is 5.32 Å². The van der Waals surface area contributed by atoms with Gasteiger partial charge in [-0.25, -0.2) is 4.98 Å². The maximum Gasteiger partial charge on any atom is 0.257 e. The van der Waals surface area contributed by atoms with Crippen LogP contribution in [-0.4, -0.2) is 22.5 Å². The van der Waals surface area contributed by atoms with Crippen molar-refractivity contribution in [3.8, 4) is 0 Å². The minimum atomic E-state index is -0.602. The Morgan fingerprint density at radius 1 is 0.808 bits per heavy atom. The van der Waals surface area contributed by atoms with Crippen molar-refractivity contribution in [2.45, 2.75) is 13.8 Å². The Bertz CT molecular complexity index is 957. The maximum absolute atomic E-state index is 12.3. The molecule has 0 atom stereocenters. The molecule has 5 nitrogen and oxygen atoms in total. The molecule has 130 valence electrons. The van der Waals surface area contributed by atoms with Crippen LogP contribution >= 0.6 is 11.3 Å². The van der Waals surface area contributed by atoms with Gasteiger partial charge in [-0.15, -0.1) is 11.3 Å². The van der Waals surface area contributed by atoms with Crippen LogP contribution < -0.4 is 5.32 Å². The fourth-order valence-electron chi connectivity index (χ4n) is 2.32. The lowest BCUT2D eigenvalue weighted by atomic mass is 10.0. The van der Waals surface area contributed by atoms with Gasteiger partial charge in [-0.05, 0) is 26.0 Å². The monoisotopic (exact) mass is 364 g/mol. The van der Waals surface area contributed by atoms with Crippen molar-refractivity contribution in [2.24, 2.45) is 0 Å². The molecule has 0 saturated heterocycles. The number of ketones is 2. The number of carbonyl (C=O) groups excluding carboxylic acids is 3. The molecule has 0 aliphatic carbocycles. The normalized spacial score (nSPS) is 10.4. The number of nitrogens with zero attached hydrogens (tertiary/aromatic N) is 1.